The minimum atomic E-state index is -3.35. The van der Waals surface area contributed by atoms with Crippen LogP contribution in [0.3, 0.4) is 0 Å². The van der Waals surface area contributed by atoms with Crippen molar-refractivity contribution >= 4 is 13.5 Å². The Morgan fingerprint density at radius 2 is 1.87 bits per heavy atom. The molecule has 1 fully saturated rings. The Bertz CT molecular complexity index is 267. The monoisotopic (exact) mass is 235 g/mol. The Balaban J connectivity index is 2.83. The molecule has 5 nitrogen and oxygen atoms in total. The second kappa shape index (κ2) is 5.10. The largest absolute Gasteiger partial charge is 0.369 e. The van der Waals surface area contributed by atoms with Crippen LogP contribution in [0.15, 0.2) is 0 Å². The molecule has 0 aromatic carbocycles. The number of rotatable bonds is 7. The van der Waals surface area contributed by atoms with Crippen LogP contribution in [0.5, 0.6) is 0 Å². The second-order valence-corrected chi connectivity index (χ2v) is 5.71. The summed E-state index contributed by atoms with van der Waals surface area (Å²) in [7, 11) is -3.35. The number of amides is 1. The molecule has 1 saturated carbocycles. The summed E-state index contributed by atoms with van der Waals surface area (Å²) in [6.45, 7) is 3.95. The quantitative estimate of drug-likeness (QED) is 0.678. The van der Waals surface area contributed by atoms with Crippen molar-refractivity contribution in [1.29, 1.82) is 0 Å². The standard InChI is InChI=1S/C9H18NO4P/c1-3-13-15(12,14-4-2)8(9(10)11)7-5-6-7/h7-8H,3-6H2,1-2H3,(H2,10,11). The third-order valence-corrected chi connectivity index (χ3v) is 4.91. The van der Waals surface area contributed by atoms with Crippen molar-refractivity contribution in [3.05, 3.63) is 0 Å². The highest BCUT2D eigenvalue weighted by atomic mass is 31.2. The third kappa shape index (κ3) is 3.03. The zero-order valence-electron chi connectivity index (χ0n) is 9.14. The molecule has 6 heteroatoms. The van der Waals surface area contributed by atoms with E-state index in [9.17, 15) is 9.36 Å². The Kier molecular flexibility index (Phi) is 4.32. The van der Waals surface area contributed by atoms with Crippen LogP contribution in [0.4, 0.5) is 0 Å². The maximum absolute atomic E-state index is 12.3. The molecule has 1 atom stereocenters. The molecule has 0 heterocycles. The summed E-state index contributed by atoms with van der Waals surface area (Å²) in [4.78, 5) is 11.3. The Labute approximate surface area is 89.8 Å². The molecule has 1 rings (SSSR count). The average Bonchev–Trinajstić information content (AvgIpc) is 2.88. The van der Waals surface area contributed by atoms with Crippen molar-refractivity contribution in [1.82, 2.24) is 0 Å². The molecule has 0 bridgehead atoms. The van der Waals surface area contributed by atoms with Crippen LogP contribution in [0.2, 0.25) is 0 Å². The number of carbonyl (C=O) groups excluding carboxylic acids is 1. The molecule has 0 radical (unpaired) electrons. The lowest BCUT2D eigenvalue weighted by Gasteiger charge is -2.23. The first kappa shape index (κ1) is 12.7. The van der Waals surface area contributed by atoms with Crippen LogP contribution in [0.1, 0.15) is 26.7 Å². The molecule has 1 amide bonds. The zero-order valence-corrected chi connectivity index (χ0v) is 10.0. The Morgan fingerprint density at radius 1 is 1.40 bits per heavy atom. The molecule has 0 saturated heterocycles. The van der Waals surface area contributed by atoms with Gasteiger partial charge in [0.15, 0.2) is 0 Å². The number of primary amides is 1. The van der Waals surface area contributed by atoms with E-state index < -0.39 is 19.2 Å². The minimum Gasteiger partial charge on any atom is -0.369 e. The van der Waals surface area contributed by atoms with Crippen molar-refractivity contribution in [2.24, 2.45) is 11.7 Å². The second-order valence-electron chi connectivity index (χ2n) is 3.56. The number of nitrogens with two attached hydrogens (primary N) is 1. The van der Waals surface area contributed by atoms with Crippen LogP contribution < -0.4 is 5.73 Å². The maximum Gasteiger partial charge on any atom is 0.343 e. The van der Waals surface area contributed by atoms with Gasteiger partial charge in [0, 0.05) is 0 Å². The molecule has 15 heavy (non-hydrogen) atoms. The van der Waals surface area contributed by atoms with Gasteiger partial charge in [-0.3, -0.25) is 9.36 Å². The van der Waals surface area contributed by atoms with E-state index in [2.05, 4.69) is 0 Å². The van der Waals surface area contributed by atoms with E-state index in [-0.39, 0.29) is 19.1 Å². The van der Waals surface area contributed by atoms with Crippen LogP contribution in [-0.4, -0.2) is 24.8 Å². The SMILES string of the molecule is CCOP(=O)(OCC)C(C(N)=O)C1CC1. The van der Waals surface area contributed by atoms with E-state index in [1.807, 2.05) is 0 Å². The van der Waals surface area contributed by atoms with E-state index in [0.717, 1.165) is 12.8 Å². The molecule has 1 aliphatic rings. The van der Waals surface area contributed by atoms with E-state index in [4.69, 9.17) is 14.8 Å². The number of hydrogen-bond acceptors (Lipinski definition) is 4. The molecule has 1 unspecified atom stereocenters. The van der Waals surface area contributed by atoms with Crippen molar-refractivity contribution in [2.45, 2.75) is 32.3 Å². The topological polar surface area (TPSA) is 78.6 Å². The van der Waals surface area contributed by atoms with E-state index >= 15 is 0 Å². The lowest BCUT2D eigenvalue weighted by atomic mass is 10.3. The summed E-state index contributed by atoms with van der Waals surface area (Å²) in [5.41, 5.74) is 4.49. The van der Waals surface area contributed by atoms with Gasteiger partial charge in [0.05, 0.1) is 13.2 Å². The van der Waals surface area contributed by atoms with Gasteiger partial charge in [-0.2, -0.15) is 0 Å². The summed E-state index contributed by atoms with van der Waals surface area (Å²) in [5.74, 6) is -0.505. The molecule has 0 aliphatic heterocycles. The van der Waals surface area contributed by atoms with Gasteiger partial charge < -0.3 is 14.8 Å². The van der Waals surface area contributed by atoms with Crippen LogP contribution in [0.25, 0.3) is 0 Å². The maximum atomic E-state index is 12.3. The van der Waals surface area contributed by atoms with Crippen LogP contribution in [-0.2, 0) is 18.4 Å². The zero-order chi connectivity index (χ0) is 11.5. The molecule has 0 aromatic heterocycles. The highest BCUT2D eigenvalue weighted by Gasteiger charge is 2.49. The molecule has 2 N–H and O–H groups in total. The van der Waals surface area contributed by atoms with E-state index in [0.29, 0.717) is 0 Å². The minimum absolute atomic E-state index is 0.0754. The predicted molar refractivity (Wildman–Crippen MR) is 56.6 cm³/mol. The van der Waals surface area contributed by atoms with Gasteiger partial charge in [-0.05, 0) is 32.6 Å². The van der Waals surface area contributed by atoms with Gasteiger partial charge in [-0.1, -0.05) is 0 Å². The van der Waals surface area contributed by atoms with Crippen molar-refractivity contribution in [3.8, 4) is 0 Å². The fourth-order valence-corrected chi connectivity index (χ4v) is 3.86. The highest BCUT2D eigenvalue weighted by Crippen LogP contribution is 2.59. The molecule has 88 valence electrons. The Morgan fingerprint density at radius 3 is 2.13 bits per heavy atom. The molecular weight excluding hydrogens is 217 g/mol. The molecular formula is C9H18NO4P. The average molecular weight is 235 g/mol. The van der Waals surface area contributed by atoms with Crippen LogP contribution in [0, 0.1) is 5.92 Å². The van der Waals surface area contributed by atoms with Gasteiger partial charge >= 0.3 is 7.60 Å². The van der Waals surface area contributed by atoms with E-state index in [1.165, 1.54) is 0 Å². The summed E-state index contributed by atoms with van der Waals surface area (Å²) in [6, 6.07) is 0. The summed E-state index contributed by atoms with van der Waals surface area (Å²) in [6.07, 6.45) is 1.75. The van der Waals surface area contributed by atoms with Crippen molar-refractivity contribution < 1.29 is 18.4 Å². The lowest BCUT2D eigenvalue weighted by Crippen LogP contribution is -2.32. The van der Waals surface area contributed by atoms with Gasteiger partial charge in [0.2, 0.25) is 5.91 Å². The summed E-state index contributed by atoms with van der Waals surface area (Å²) < 4.78 is 22.5. The lowest BCUT2D eigenvalue weighted by molar-refractivity contribution is -0.118. The number of carbonyl (C=O) groups is 1. The van der Waals surface area contributed by atoms with Crippen molar-refractivity contribution in [2.75, 3.05) is 13.2 Å². The van der Waals surface area contributed by atoms with Gasteiger partial charge in [-0.25, -0.2) is 0 Å². The molecule has 0 spiro atoms. The summed E-state index contributed by atoms with van der Waals surface area (Å²) >= 11 is 0. The molecule has 1 aliphatic carbocycles. The molecule has 0 aromatic rings. The first-order valence-electron chi connectivity index (χ1n) is 5.23. The Hall–Kier alpha value is -0.380. The normalized spacial score (nSPS) is 18.8. The van der Waals surface area contributed by atoms with Crippen LogP contribution >= 0.6 is 7.60 Å². The third-order valence-electron chi connectivity index (χ3n) is 2.32. The fourth-order valence-electron chi connectivity index (χ4n) is 1.62. The number of hydrogen-bond donors (Lipinski definition) is 1. The highest BCUT2D eigenvalue weighted by molar-refractivity contribution is 7.55. The van der Waals surface area contributed by atoms with Gasteiger partial charge in [-0.15, -0.1) is 0 Å². The van der Waals surface area contributed by atoms with Gasteiger partial charge in [0.25, 0.3) is 0 Å². The predicted octanol–water partition coefficient (Wildman–Crippen LogP) is 1.52. The fraction of sp³-hybridized carbons (Fsp3) is 0.889. The van der Waals surface area contributed by atoms with Crippen molar-refractivity contribution in [3.63, 3.8) is 0 Å². The summed E-state index contributed by atoms with van der Waals surface area (Å²) in [5, 5.41) is 0. The smallest absolute Gasteiger partial charge is 0.343 e. The van der Waals surface area contributed by atoms with E-state index in [1.54, 1.807) is 13.8 Å². The van der Waals surface area contributed by atoms with Gasteiger partial charge in [0.1, 0.15) is 5.66 Å². The first-order valence-corrected chi connectivity index (χ1v) is 6.84. The first-order chi connectivity index (χ1) is 7.05.